The maximum atomic E-state index is 11.9. The van der Waals surface area contributed by atoms with Crippen LogP contribution >= 0.6 is 0 Å². The van der Waals surface area contributed by atoms with Gasteiger partial charge >= 0.3 is 5.97 Å². The lowest BCUT2D eigenvalue weighted by Gasteiger charge is -2.26. The van der Waals surface area contributed by atoms with Crippen molar-refractivity contribution in [1.82, 2.24) is 10.3 Å². The van der Waals surface area contributed by atoms with E-state index in [1.54, 1.807) is 7.11 Å². The lowest BCUT2D eigenvalue weighted by molar-refractivity contribution is -0.143. The molecule has 2 atom stereocenters. The summed E-state index contributed by atoms with van der Waals surface area (Å²) in [4.78, 5) is 15.3. The quantitative estimate of drug-likeness (QED) is 0.823. The van der Waals surface area contributed by atoms with Crippen molar-refractivity contribution in [2.75, 3.05) is 20.8 Å². The van der Waals surface area contributed by atoms with Crippen LogP contribution in [0.4, 0.5) is 0 Å². The Kier molecular flexibility index (Phi) is 3.14. The standard InChI is InChI=1S/C15H18N2O3/c1-8-7-16-14(15(18)20-3)13-12(8)10-6-9(19-2)4-5-11(10)17-13/h4-6,8,14,16-17H,7H2,1-3H3. The highest BCUT2D eigenvalue weighted by Gasteiger charge is 2.33. The Labute approximate surface area is 117 Å². The normalized spacial score (nSPS) is 21.6. The third-order valence-electron chi connectivity index (χ3n) is 3.92. The van der Waals surface area contributed by atoms with Gasteiger partial charge < -0.3 is 14.5 Å². The van der Waals surface area contributed by atoms with Crippen LogP contribution in [0.15, 0.2) is 18.2 Å². The Morgan fingerprint density at radius 2 is 2.15 bits per heavy atom. The molecule has 5 nitrogen and oxygen atoms in total. The smallest absolute Gasteiger partial charge is 0.329 e. The summed E-state index contributed by atoms with van der Waals surface area (Å²) in [6, 6.07) is 5.48. The molecule has 1 aromatic heterocycles. The van der Waals surface area contributed by atoms with Crippen molar-refractivity contribution in [1.29, 1.82) is 0 Å². The monoisotopic (exact) mass is 274 g/mol. The molecule has 1 aromatic carbocycles. The van der Waals surface area contributed by atoms with E-state index in [0.717, 1.165) is 28.9 Å². The average molecular weight is 274 g/mol. The molecule has 0 amide bonds. The van der Waals surface area contributed by atoms with E-state index in [0.29, 0.717) is 5.92 Å². The summed E-state index contributed by atoms with van der Waals surface area (Å²) in [5, 5.41) is 4.34. The second-order valence-electron chi connectivity index (χ2n) is 5.13. The Balaban J connectivity index is 2.20. The zero-order valence-corrected chi connectivity index (χ0v) is 11.8. The molecule has 1 aliphatic heterocycles. The highest BCUT2D eigenvalue weighted by Crippen LogP contribution is 2.37. The summed E-state index contributed by atoms with van der Waals surface area (Å²) >= 11 is 0. The van der Waals surface area contributed by atoms with Crippen LogP contribution in [0.3, 0.4) is 0 Å². The summed E-state index contributed by atoms with van der Waals surface area (Å²) in [7, 11) is 3.07. The molecule has 0 aliphatic carbocycles. The fraction of sp³-hybridized carbons (Fsp3) is 0.400. The minimum absolute atomic E-state index is 0.267. The molecule has 2 heterocycles. The van der Waals surface area contributed by atoms with Gasteiger partial charge in [0.1, 0.15) is 11.8 Å². The maximum absolute atomic E-state index is 11.9. The summed E-state index contributed by atoms with van der Waals surface area (Å²) < 4.78 is 10.2. The Bertz CT molecular complexity index is 662. The van der Waals surface area contributed by atoms with E-state index >= 15 is 0 Å². The molecule has 0 fully saturated rings. The van der Waals surface area contributed by atoms with Crippen molar-refractivity contribution in [3.8, 4) is 5.75 Å². The van der Waals surface area contributed by atoms with Crippen LogP contribution in [0.2, 0.25) is 0 Å². The average Bonchev–Trinajstić information content (AvgIpc) is 2.85. The summed E-state index contributed by atoms with van der Waals surface area (Å²) in [6.07, 6.45) is 0. The topological polar surface area (TPSA) is 63.3 Å². The third-order valence-corrected chi connectivity index (χ3v) is 3.92. The largest absolute Gasteiger partial charge is 0.497 e. The Hall–Kier alpha value is -2.01. The number of ether oxygens (including phenoxy) is 2. The number of benzene rings is 1. The molecule has 0 radical (unpaired) electrons. The number of rotatable bonds is 2. The molecule has 2 unspecified atom stereocenters. The highest BCUT2D eigenvalue weighted by atomic mass is 16.5. The first-order chi connectivity index (χ1) is 9.65. The van der Waals surface area contributed by atoms with Gasteiger partial charge in [-0.1, -0.05) is 6.92 Å². The van der Waals surface area contributed by atoms with E-state index in [4.69, 9.17) is 9.47 Å². The summed E-state index contributed by atoms with van der Waals surface area (Å²) in [6.45, 7) is 2.89. The fourth-order valence-electron chi connectivity index (χ4n) is 2.92. The first kappa shape index (κ1) is 13.0. The van der Waals surface area contributed by atoms with E-state index in [9.17, 15) is 4.79 Å². The van der Waals surface area contributed by atoms with Crippen LogP contribution in [0.25, 0.3) is 10.9 Å². The van der Waals surface area contributed by atoms with Crippen molar-refractivity contribution in [2.45, 2.75) is 18.9 Å². The number of nitrogens with one attached hydrogen (secondary N) is 2. The number of methoxy groups -OCH3 is 2. The minimum Gasteiger partial charge on any atom is -0.497 e. The summed E-state index contributed by atoms with van der Waals surface area (Å²) in [5.41, 5.74) is 3.09. The van der Waals surface area contributed by atoms with Crippen LogP contribution in [0, 0.1) is 0 Å². The van der Waals surface area contributed by atoms with Gasteiger partial charge in [-0.05, 0) is 29.7 Å². The van der Waals surface area contributed by atoms with Crippen LogP contribution in [-0.4, -0.2) is 31.7 Å². The number of H-pyrrole nitrogens is 1. The van der Waals surface area contributed by atoms with Gasteiger partial charge in [0.2, 0.25) is 0 Å². The number of aromatic amines is 1. The summed E-state index contributed by atoms with van der Waals surface area (Å²) in [5.74, 6) is 0.878. The molecule has 3 rings (SSSR count). The van der Waals surface area contributed by atoms with Gasteiger partial charge in [-0.25, -0.2) is 4.79 Å². The van der Waals surface area contributed by atoms with Gasteiger partial charge in [0, 0.05) is 23.1 Å². The lowest BCUT2D eigenvalue weighted by atomic mass is 9.91. The number of hydrogen-bond acceptors (Lipinski definition) is 4. The van der Waals surface area contributed by atoms with E-state index in [-0.39, 0.29) is 5.97 Å². The van der Waals surface area contributed by atoms with Gasteiger partial charge in [-0.3, -0.25) is 5.32 Å². The van der Waals surface area contributed by atoms with Gasteiger partial charge in [-0.15, -0.1) is 0 Å². The molecule has 0 bridgehead atoms. The fourth-order valence-corrected chi connectivity index (χ4v) is 2.92. The van der Waals surface area contributed by atoms with Crippen LogP contribution in [0.1, 0.15) is 30.1 Å². The van der Waals surface area contributed by atoms with Gasteiger partial charge in [0.25, 0.3) is 0 Å². The number of hydrogen-bond donors (Lipinski definition) is 2. The second-order valence-corrected chi connectivity index (χ2v) is 5.13. The zero-order valence-electron chi connectivity index (χ0n) is 11.8. The molecule has 5 heteroatoms. The van der Waals surface area contributed by atoms with E-state index in [1.165, 1.54) is 12.7 Å². The molecule has 106 valence electrons. The molecule has 1 aliphatic rings. The Morgan fingerprint density at radius 1 is 1.35 bits per heavy atom. The number of aromatic nitrogens is 1. The minimum atomic E-state index is -0.426. The second kappa shape index (κ2) is 4.83. The van der Waals surface area contributed by atoms with Crippen molar-refractivity contribution < 1.29 is 14.3 Å². The number of carbonyl (C=O) groups excluding carboxylic acids is 1. The first-order valence-corrected chi connectivity index (χ1v) is 6.66. The van der Waals surface area contributed by atoms with Crippen molar-refractivity contribution in [2.24, 2.45) is 0 Å². The number of carbonyl (C=O) groups is 1. The van der Waals surface area contributed by atoms with E-state index < -0.39 is 6.04 Å². The molecular formula is C15H18N2O3. The molecule has 20 heavy (non-hydrogen) atoms. The maximum Gasteiger partial charge on any atom is 0.329 e. The first-order valence-electron chi connectivity index (χ1n) is 6.66. The van der Waals surface area contributed by atoms with E-state index in [2.05, 4.69) is 17.2 Å². The SMILES string of the molecule is COC(=O)C1NCC(C)c2c1[nH]c1ccc(OC)cc21. The molecule has 0 spiro atoms. The van der Waals surface area contributed by atoms with Gasteiger partial charge in [0.05, 0.1) is 14.2 Å². The number of esters is 1. The van der Waals surface area contributed by atoms with Crippen molar-refractivity contribution in [3.05, 3.63) is 29.5 Å². The predicted octanol–water partition coefficient (Wildman–Crippen LogP) is 2.10. The van der Waals surface area contributed by atoms with Crippen LogP contribution in [-0.2, 0) is 9.53 Å². The zero-order chi connectivity index (χ0) is 14.3. The predicted molar refractivity (Wildman–Crippen MR) is 76.0 cm³/mol. The van der Waals surface area contributed by atoms with Gasteiger partial charge in [0.15, 0.2) is 0 Å². The Morgan fingerprint density at radius 3 is 2.85 bits per heavy atom. The molecule has 2 N–H and O–H groups in total. The molecular weight excluding hydrogens is 256 g/mol. The molecule has 0 saturated carbocycles. The van der Waals surface area contributed by atoms with Crippen LogP contribution < -0.4 is 10.1 Å². The third kappa shape index (κ3) is 1.86. The van der Waals surface area contributed by atoms with Gasteiger partial charge in [-0.2, -0.15) is 0 Å². The number of fused-ring (bicyclic) bond motifs is 3. The molecule has 0 saturated heterocycles. The van der Waals surface area contributed by atoms with Crippen molar-refractivity contribution in [3.63, 3.8) is 0 Å². The van der Waals surface area contributed by atoms with Crippen LogP contribution in [0.5, 0.6) is 5.75 Å². The van der Waals surface area contributed by atoms with Crippen molar-refractivity contribution >= 4 is 16.9 Å². The lowest BCUT2D eigenvalue weighted by Crippen LogP contribution is -2.37. The highest BCUT2D eigenvalue weighted by molar-refractivity contribution is 5.90. The molecule has 2 aromatic rings. The van der Waals surface area contributed by atoms with E-state index in [1.807, 2.05) is 18.2 Å².